The van der Waals surface area contributed by atoms with Crippen LogP contribution in [0.15, 0.2) is 41.4 Å². The van der Waals surface area contributed by atoms with Gasteiger partial charge in [-0.1, -0.05) is 18.2 Å². The molecule has 2 rings (SSSR count). The van der Waals surface area contributed by atoms with Gasteiger partial charge in [0.2, 0.25) is 9.84 Å². The molecule has 0 aliphatic heterocycles. The zero-order valence-corrected chi connectivity index (χ0v) is 13.8. The van der Waals surface area contributed by atoms with Crippen molar-refractivity contribution in [3.63, 3.8) is 0 Å². The highest BCUT2D eigenvalue weighted by Gasteiger charge is 2.68. The number of fused-ring (bicyclic) bond motifs is 1. The maximum Gasteiger partial charge on any atom is 0.373 e. The summed E-state index contributed by atoms with van der Waals surface area (Å²) in [6.07, 6.45) is 1.22. The Balaban J connectivity index is 2.94. The SMILES string of the molecule is NC(P(=O)(O)O)(P(=O)(O)O)S(=O)(=O)c1cccc2cccnc12. The first kappa shape index (κ1) is 18.2. The summed E-state index contributed by atoms with van der Waals surface area (Å²) in [6.45, 7) is 0. The van der Waals surface area contributed by atoms with Gasteiger partial charge in [0.25, 0.3) is 0 Å². The first-order valence-corrected chi connectivity index (χ1v) is 10.5. The second-order valence-corrected chi connectivity index (χ2v) is 11.2. The number of rotatable bonds is 4. The molecule has 0 saturated heterocycles. The number of benzene rings is 1. The van der Waals surface area contributed by atoms with Crippen molar-refractivity contribution < 1.29 is 37.1 Å². The summed E-state index contributed by atoms with van der Waals surface area (Å²) < 4.78 is 44.2. The maximum absolute atomic E-state index is 12.6. The van der Waals surface area contributed by atoms with Crippen LogP contribution >= 0.6 is 15.2 Å². The smallest absolute Gasteiger partial charge is 0.322 e. The molecule has 10 nitrogen and oxygen atoms in total. The number of nitrogens with two attached hydrogens (primary N) is 1. The molecule has 0 aliphatic rings. The number of para-hydroxylation sites is 1. The third-order valence-corrected chi connectivity index (χ3v) is 10.9. The summed E-state index contributed by atoms with van der Waals surface area (Å²) in [5, 5.41) is 0.285. The van der Waals surface area contributed by atoms with Gasteiger partial charge in [-0.05, 0) is 12.1 Å². The fourth-order valence-corrected chi connectivity index (χ4v) is 7.40. The number of hydrogen-bond acceptors (Lipinski definition) is 6. The summed E-state index contributed by atoms with van der Waals surface area (Å²) in [6, 6.07) is 6.57. The molecule has 1 aromatic heterocycles. The quantitative estimate of drug-likeness (QED) is 0.448. The predicted molar refractivity (Wildman–Crippen MR) is 79.9 cm³/mol. The molecule has 0 aliphatic carbocycles. The van der Waals surface area contributed by atoms with Gasteiger partial charge in [0, 0.05) is 11.6 Å². The Hall–Kier alpha value is -1.16. The van der Waals surface area contributed by atoms with Crippen molar-refractivity contribution in [2.24, 2.45) is 5.73 Å². The lowest BCUT2D eigenvalue weighted by atomic mass is 10.2. The van der Waals surface area contributed by atoms with Crippen molar-refractivity contribution in [3.05, 3.63) is 36.5 Å². The number of aromatic nitrogens is 1. The Kier molecular flexibility index (Phi) is 4.30. The minimum absolute atomic E-state index is 0.216. The van der Waals surface area contributed by atoms with Gasteiger partial charge in [0.05, 0.1) is 10.4 Å². The first-order chi connectivity index (χ1) is 10.3. The van der Waals surface area contributed by atoms with Crippen LogP contribution in [0, 0.1) is 0 Å². The zero-order chi connectivity index (χ0) is 17.7. The molecular weight excluding hydrogens is 370 g/mol. The van der Waals surface area contributed by atoms with Crippen LogP contribution in [-0.4, -0.2) is 37.3 Å². The van der Waals surface area contributed by atoms with E-state index >= 15 is 0 Å². The molecule has 126 valence electrons. The number of sulfone groups is 1. The standard InChI is InChI=1S/C10H12N2O8P2S/c11-10(21(13,14)15,22(16,17)18)23(19,20)8-5-1-3-7-4-2-6-12-9(7)8/h1-6H,11H2,(H2,13,14,15)(H2,16,17,18). The van der Waals surface area contributed by atoms with E-state index < -0.39 is 34.3 Å². The molecule has 0 spiro atoms. The normalized spacial score (nSPS) is 14.1. The van der Waals surface area contributed by atoms with Crippen LogP contribution in [0.5, 0.6) is 0 Å². The van der Waals surface area contributed by atoms with Crippen molar-refractivity contribution in [3.8, 4) is 0 Å². The summed E-state index contributed by atoms with van der Waals surface area (Å²) in [7, 11) is -17.3. The number of nitrogens with zero attached hydrogens (tertiary/aromatic N) is 1. The largest absolute Gasteiger partial charge is 0.373 e. The van der Waals surface area contributed by atoms with E-state index in [0.29, 0.717) is 0 Å². The van der Waals surface area contributed by atoms with Crippen molar-refractivity contribution >= 4 is 35.9 Å². The highest BCUT2D eigenvalue weighted by Crippen LogP contribution is 2.69. The Morgan fingerprint density at radius 3 is 2.04 bits per heavy atom. The first-order valence-electron chi connectivity index (χ1n) is 5.82. The fourth-order valence-electron chi connectivity index (χ4n) is 1.94. The van der Waals surface area contributed by atoms with E-state index in [4.69, 9.17) is 5.73 Å². The summed E-state index contributed by atoms with van der Waals surface area (Å²) >= 11 is 0. The summed E-state index contributed by atoms with van der Waals surface area (Å²) in [4.78, 5) is 39.9. The second-order valence-electron chi connectivity index (χ2n) is 4.58. The topological polar surface area (TPSA) is 188 Å². The molecule has 0 atom stereocenters. The van der Waals surface area contributed by atoms with E-state index in [1.54, 1.807) is 0 Å². The van der Waals surface area contributed by atoms with E-state index in [1.165, 1.54) is 30.5 Å². The van der Waals surface area contributed by atoms with Crippen LogP contribution in [0.25, 0.3) is 10.9 Å². The Bertz CT molecular complexity index is 936. The molecule has 0 fully saturated rings. The average Bonchev–Trinajstić information content (AvgIpc) is 2.43. The van der Waals surface area contributed by atoms with Crippen LogP contribution in [0.2, 0.25) is 0 Å². The van der Waals surface area contributed by atoms with Gasteiger partial charge >= 0.3 is 19.5 Å². The van der Waals surface area contributed by atoms with E-state index in [9.17, 15) is 37.1 Å². The monoisotopic (exact) mass is 382 g/mol. The maximum atomic E-state index is 12.6. The Morgan fingerprint density at radius 2 is 1.52 bits per heavy atom. The number of hydrogen-bond donors (Lipinski definition) is 5. The van der Waals surface area contributed by atoms with Crippen LogP contribution in [0.1, 0.15) is 0 Å². The van der Waals surface area contributed by atoms with Gasteiger partial charge in [-0.25, -0.2) is 8.42 Å². The lowest BCUT2D eigenvalue weighted by Gasteiger charge is -2.30. The second kappa shape index (κ2) is 5.44. The predicted octanol–water partition coefficient (Wildman–Crippen LogP) is -0.0661. The van der Waals surface area contributed by atoms with E-state index in [0.717, 1.165) is 6.07 Å². The summed E-state index contributed by atoms with van der Waals surface area (Å²) in [5.74, 6) is 0. The molecule has 0 unspecified atom stereocenters. The van der Waals surface area contributed by atoms with Crippen LogP contribution in [0.3, 0.4) is 0 Å². The average molecular weight is 382 g/mol. The molecule has 2 aromatic rings. The minimum Gasteiger partial charge on any atom is -0.322 e. The highest BCUT2D eigenvalue weighted by atomic mass is 32.2. The Morgan fingerprint density at radius 1 is 1.00 bits per heavy atom. The van der Waals surface area contributed by atoms with Gasteiger partial charge in [-0.2, -0.15) is 0 Å². The Labute approximate surface area is 130 Å². The lowest BCUT2D eigenvalue weighted by Crippen LogP contribution is -2.47. The molecule has 0 bridgehead atoms. The van der Waals surface area contributed by atoms with Gasteiger partial charge in [0.1, 0.15) is 0 Å². The summed E-state index contributed by atoms with van der Waals surface area (Å²) in [5.41, 5.74) is 4.89. The van der Waals surface area contributed by atoms with Crippen molar-refractivity contribution in [1.29, 1.82) is 0 Å². The molecule has 1 aromatic carbocycles. The van der Waals surface area contributed by atoms with Gasteiger partial charge in [-0.15, -0.1) is 0 Å². The zero-order valence-electron chi connectivity index (χ0n) is 11.2. The third kappa shape index (κ3) is 2.65. The molecule has 0 saturated carbocycles. The van der Waals surface area contributed by atoms with Crippen LogP contribution in [-0.2, 0) is 19.0 Å². The molecule has 23 heavy (non-hydrogen) atoms. The van der Waals surface area contributed by atoms with Crippen molar-refractivity contribution in [2.45, 2.75) is 9.25 Å². The van der Waals surface area contributed by atoms with Crippen LogP contribution < -0.4 is 5.73 Å². The van der Waals surface area contributed by atoms with Gasteiger partial charge in [-0.3, -0.25) is 19.8 Å². The third-order valence-electron chi connectivity index (χ3n) is 3.12. The molecule has 1 heterocycles. The van der Waals surface area contributed by atoms with E-state index in [1.807, 2.05) is 0 Å². The lowest BCUT2D eigenvalue weighted by molar-refractivity contribution is 0.329. The van der Waals surface area contributed by atoms with E-state index in [-0.39, 0.29) is 10.9 Å². The number of pyridine rings is 1. The molecule has 13 heteroatoms. The molecule has 0 radical (unpaired) electrons. The molecular formula is C10H12N2O8P2S. The van der Waals surface area contributed by atoms with Crippen molar-refractivity contribution in [2.75, 3.05) is 0 Å². The van der Waals surface area contributed by atoms with Gasteiger partial charge in [0.15, 0.2) is 0 Å². The molecule has 6 N–H and O–H groups in total. The van der Waals surface area contributed by atoms with Gasteiger partial charge < -0.3 is 19.6 Å². The van der Waals surface area contributed by atoms with Crippen LogP contribution in [0.4, 0.5) is 0 Å². The molecule has 0 amide bonds. The van der Waals surface area contributed by atoms with E-state index in [2.05, 4.69) is 4.98 Å². The minimum atomic E-state index is -5.98. The highest BCUT2D eigenvalue weighted by molar-refractivity contribution is 8.08. The van der Waals surface area contributed by atoms with Crippen molar-refractivity contribution in [1.82, 2.24) is 4.98 Å². The fraction of sp³-hybridized carbons (Fsp3) is 0.100.